The normalized spacial score (nSPS) is 12.7. The Labute approximate surface area is 105 Å². The van der Waals surface area contributed by atoms with Gasteiger partial charge in [-0.2, -0.15) is 0 Å². The molecule has 7 heteroatoms. The first-order valence-electron chi connectivity index (χ1n) is 5.48. The highest BCUT2D eigenvalue weighted by Crippen LogP contribution is 2.15. The number of carbonyl (C=O) groups is 3. The van der Waals surface area contributed by atoms with E-state index in [4.69, 9.17) is 15.6 Å². The number of nitrogens with two attached hydrogens (primary N) is 1. The van der Waals surface area contributed by atoms with Crippen LogP contribution < -0.4 is 5.73 Å². The van der Waals surface area contributed by atoms with Crippen molar-refractivity contribution in [3.8, 4) is 0 Å². The van der Waals surface area contributed by atoms with Gasteiger partial charge in [0.1, 0.15) is 12.3 Å². The van der Waals surface area contributed by atoms with E-state index in [1.165, 1.54) is 0 Å². The quantitative estimate of drug-likeness (QED) is 0.400. The zero-order valence-corrected chi connectivity index (χ0v) is 10.8. The van der Waals surface area contributed by atoms with Crippen LogP contribution in [0.25, 0.3) is 0 Å². The molecule has 18 heavy (non-hydrogen) atoms. The van der Waals surface area contributed by atoms with E-state index in [0.717, 1.165) is 0 Å². The first-order valence-corrected chi connectivity index (χ1v) is 5.48. The fourth-order valence-corrected chi connectivity index (χ4v) is 1.14. The van der Waals surface area contributed by atoms with E-state index in [2.05, 4.69) is 4.74 Å². The molecule has 0 aromatic carbocycles. The summed E-state index contributed by atoms with van der Waals surface area (Å²) < 4.78 is 9.40. The average molecular weight is 261 g/mol. The maximum Gasteiger partial charge on any atom is 0.320 e. The molecule has 0 aromatic rings. The number of esters is 2. The maximum absolute atomic E-state index is 11.6. The van der Waals surface area contributed by atoms with Crippen molar-refractivity contribution in [3.63, 3.8) is 0 Å². The van der Waals surface area contributed by atoms with Gasteiger partial charge in [0.25, 0.3) is 0 Å². The monoisotopic (exact) mass is 261 g/mol. The number of rotatable bonds is 6. The SMILES string of the molecule is CC(C)(C)OC(=O)C(CCC(=O)OCN)C(=O)O. The standard InChI is InChI=1S/C11H19NO6/c1-11(2,3)18-10(16)7(9(14)15)4-5-8(13)17-6-12/h7H,4-6,12H2,1-3H3,(H,14,15). The fraction of sp³-hybridized carbons (Fsp3) is 0.727. The van der Waals surface area contributed by atoms with E-state index in [0.29, 0.717) is 0 Å². The van der Waals surface area contributed by atoms with Crippen molar-refractivity contribution in [1.29, 1.82) is 0 Å². The molecular formula is C11H19NO6. The zero-order chi connectivity index (χ0) is 14.3. The number of ether oxygens (including phenoxy) is 2. The van der Waals surface area contributed by atoms with Gasteiger partial charge in [-0.25, -0.2) is 0 Å². The van der Waals surface area contributed by atoms with E-state index in [9.17, 15) is 14.4 Å². The first kappa shape index (κ1) is 16.4. The molecule has 0 aromatic heterocycles. The van der Waals surface area contributed by atoms with Crippen molar-refractivity contribution in [2.24, 2.45) is 11.7 Å². The molecule has 0 saturated heterocycles. The Balaban J connectivity index is 4.44. The molecule has 0 heterocycles. The molecule has 0 aliphatic carbocycles. The Morgan fingerprint density at radius 2 is 1.83 bits per heavy atom. The first-order chi connectivity index (χ1) is 8.17. The zero-order valence-electron chi connectivity index (χ0n) is 10.8. The number of carbonyl (C=O) groups excluding carboxylic acids is 2. The summed E-state index contributed by atoms with van der Waals surface area (Å²) in [5, 5.41) is 8.91. The fourth-order valence-electron chi connectivity index (χ4n) is 1.14. The third kappa shape index (κ3) is 6.85. The van der Waals surface area contributed by atoms with Crippen molar-refractivity contribution < 1.29 is 29.0 Å². The molecule has 0 bridgehead atoms. The lowest BCUT2D eigenvalue weighted by molar-refractivity contribution is -0.167. The molecule has 0 rings (SSSR count). The highest BCUT2D eigenvalue weighted by atomic mass is 16.6. The Hall–Kier alpha value is -1.63. The van der Waals surface area contributed by atoms with Crippen LogP contribution in [0, 0.1) is 5.92 Å². The summed E-state index contributed by atoms with van der Waals surface area (Å²) >= 11 is 0. The summed E-state index contributed by atoms with van der Waals surface area (Å²) in [4.78, 5) is 33.5. The van der Waals surface area contributed by atoms with E-state index in [-0.39, 0.29) is 19.6 Å². The van der Waals surface area contributed by atoms with Gasteiger partial charge in [0.05, 0.1) is 0 Å². The van der Waals surface area contributed by atoms with Crippen LogP contribution in [0.15, 0.2) is 0 Å². The second-order valence-electron chi connectivity index (χ2n) is 4.65. The van der Waals surface area contributed by atoms with E-state index in [1.807, 2.05) is 0 Å². The maximum atomic E-state index is 11.6. The van der Waals surface area contributed by atoms with Crippen LogP contribution in [0.3, 0.4) is 0 Å². The predicted molar refractivity (Wildman–Crippen MR) is 61.4 cm³/mol. The number of hydrogen-bond acceptors (Lipinski definition) is 6. The second-order valence-corrected chi connectivity index (χ2v) is 4.65. The highest BCUT2D eigenvalue weighted by molar-refractivity contribution is 5.94. The largest absolute Gasteiger partial charge is 0.481 e. The van der Waals surface area contributed by atoms with Crippen LogP contribution in [0.4, 0.5) is 0 Å². The van der Waals surface area contributed by atoms with E-state index in [1.54, 1.807) is 20.8 Å². The molecule has 0 aliphatic heterocycles. The Bertz CT molecular complexity index is 320. The third-order valence-corrected chi connectivity index (χ3v) is 1.87. The lowest BCUT2D eigenvalue weighted by atomic mass is 10.0. The molecule has 0 aliphatic rings. The van der Waals surface area contributed by atoms with Gasteiger partial charge in [-0.15, -0.1) is 0 Å². The summed E-state index contributed by atoms with van der Waals surface area (Å²) in [5.41, 5.74) is 4.21. The van der Waals surface area contributed by atoms with E-state index >= 15 is 0 Å². The molecule has 0 spiro atoms. The molecular weight excluding hydrogens is 242 g/mol. The van der Waals surface area contributed by atoms with Gasteiger partial charge >= 0.3 is 17.9 Å². The van der Waals surface area contributed by atoms with Crippen molar-refractivity contribution in [3.05, 3.63) is 0 Å². The lowest BCUT2D eigenvalue weighted by Crippen LogP contribution is -2.33. The molecule has 0 saturated carbocycles. The van der Waals surface area contributed by atoms with Gasteiger partial charge in [-0.3, -0.25) is 20.1 Å². The molecule has 104 valence electrons. The summed E-state index contributed by atoms with van der Waals surface area (Å²) in [6, 6.07) is 0. The lowest BCUT2D eigenvalue weighted by Gasteiger charge is -2.22. The highest BCUT2D eigenvalue weighted by Gasteiger charge is 2.31. The topological polar surface area (TPSA) is 116 Å². The molecule has 0 fully saturated rings. The van der Waals surface area contributed by atoms with Crippen molar-refractivity contribution in [2.45, 2.75) is 39.2 Å². The average Bonchev–Trinajstić information content (AvgIpc) is 2.14. The van der Waals surface area contributed by atoms with Crippen LogP contribution in [-0.4, -0.2) is 35.3 Å². The molecule has 0 radical (unpaired) electrons. The summed E-state index contributed by atoms with van der Waals surface area (Å²) in [6.07, 6.45) is -0.378. The van der Waals surface area contributed by atoms with Gasteiger partial charge in [-0.1, -0.05) is 0 Å². The minimum Gasteiger partial charge on any atom is -0.481 e. The smallest absolute Gasteiger partial charge is 0.320 e. The van der Waals surface area contributed by atoms with Crippen LogP contribution in [-0.2, 0) is 23.9 Å². The van der Waals surface area contributed by atoms with Crippen molar-refractivity contribution in [2.75, 3.05) is 6.73 Å². The molecule has 1 unspecified atom stereocenters. The number of carboxylic acid groups (broad SMARTS) is 1. The molecule has 7 nitrogen and oxygen atoms in total. The third-order valence-electron chi connectivity index (χ3n) is 1.87. The molecule has 3 N–H and O–H groups in total. The van der Waals surface area contributed by atoms with E-state index < -0.39 is 29.4 Å². The number of carboxylic acids is 1. The Morgan fingerprint density at radius 3 is 2.22 bits per heavy atom. The minimum absolute atomic E-state index is 0.178. The van der Waals surface area contributed by atoms with Gasteiger partial charge in [-0.05, 0) is 27.2 Å². The number of hydrogen-bond donors (Lipinski definition) is 2. The molecule has 1 atom stereocenters. The summed E-state index contributed by atoms with van der Waals surface area (Å²) in [7, 11) is 0. The van der Waals surface area contributed by atoms with Crippen LogP contribution in [0.5, 0.6) is 0 Å². The minimum atomic E-state index is -1.38. The second kappa shape index (κ2) is 6.95. The summed E-state index contributed by atoms with van der Waals surface area (Å²) in [6.45, 7) is 4.62. The van der Waals surface area contributed by atoms with Gasteiger partial charge < -0.3 is 14.6 Å². The molecule has 0 amide bonds. The predicted octanol–water partition coefficient (Wildman–Crippen LogP) is 0.269. The van der Waals surface area contributed by atoms with Crippen molar-refractivity contribution in [1.82, 2.24) is 0 Å². The van der Waals surface area contributed by atoms with Gasteiger partial charge in [0.15, 0.2) is 5.92 Å². The van der Waals surface area contributed by atoms with Gasteiger partial charge in [0.2, 0.25) is 0 Å². The Kier molecular flexibility index (Phi) is 6.32. The van der Waals surface area contributed by atoms with Crippen LogP contribution >= 0.6 is 0 Å². The Morgan fingerprint density at radius 1 is 1.28 bits per heavy atom. The summed E-state index contributed by atoms with van der Waals surface area (Å²) in [5.74, 6) is -4.22. The van der Waals surface area contributed by atoms with Crippen LogP contribution in [0.1, 0.15) is 33.6 Å². The van der Waals surface area contributed by atoms with Crippen LogP contribution in [0.2, 0.25) is 0 Å². The van der Waals surface area contributed by atoms with Gasteiger partial charge in [0, 0.05) is 6.42 Å². The number of aliphatic carboxylic acids is 1. The van der Waals surface area contributed by atoms with Crippen molar-refractivity contribution >= 4 is 17.9 Å².